The van der Waals surface area contributed by atoms with Crippen molar-refractivity contribution >= 4 is 28.9 Å². The summed E-state index contributed by atoms with van der Waals surface area (Å²) in [6.45, 7) is 2.92. The van der Waals surface area contributed by atoms with Crippen LogP contribution in [-0.4, -0.2) is 37.0 Å². The Labute approximate surface area is 135 Å². The molecule has 1 aliphatic rings. The van der Waals surface area contributed by atoms with E-state index in [1.807, 2.05) is 47.4 Å². The van der Waals surface area contributed by atoms with Crippen molar-refractivity contribution in [2.75, 3.05) is 36.8 Å². The van der Waals surface area contributed by atoms with Crippen LogP contribution < -0.4 is 10.6 Å². The lowest BCUT2D eigenvalue weighted by atomic mass is 10.1. The first-order chi connectivity index (χ1) is 10.6. The molecule has 4 nitrogen and oxygen atoms in total. The van der Waals surface area contributed by atoms with Crippen molar-refractivity contribution in [3.8, 4) is 0 Å². The molecular weight excluding hydrogens is 298 g/mol. The molecule has 5 heteroatoms. The van der Waals surface area contributed by atoms with Gasteiger partial charge >= 0.3 is 0 Å². The molecule has 0 radical (unpaired) electrons. The van der Waals surface area contributed by atoms with Gasteiger partial charge in [0, 0.05) is 36.8 Å². The van der Waals surface area contributed by atoms with Gasteiger partial charge < -0.3 is 15.5 Å². The van der Waals surface area contributed by atoms with E-state index in [0.717, 1.165) is 24.3 Å². The van der Waals surface area contributed by atoms with Crippen LogP contribution in [0.4, 0.5) is 11.4 Å². The Bertz CT molecular complexity index is 667. The maximum atomic E-state index is 12.4. The largest absolute Gasteiger partial charge is 0.397 e. The Balaban J connectivity index is 1.66. The molecule has 0 aromatic heterocycles. The maximum Gasteiger partial charge on any atom is 0.253 e. The highest BCUT2D eigenvalue weighted by atomic mass is 35.5. The molecule has 1 aliphatic heterocycles. The molecule has 0 atom stereocenters. The third-order valence-electron chi connectivity index (χ3n) is 3.92. The fraction of sp³-hybridized carbons (Fsp3) is 0.235. The Kier molecular flexibility index (Phi) is 4.20. The smallest absolute Gasteiger partial charge is 0.253 e. The normalized spacial score (nSPS) is 15.0. The Morgan fingerprint density at radius 1 is 1.00 bits per heavy atom. The number of benzene rings is 2. The molecule has 0 spiro atoms. The number of nitrogens with two attached hydrogens (primary N) is 1. The van der Waals surface area contributed by atoms with Crippen LogP contribution in [0.5, 0.6) is 0 Å². The minimum atomic E-state index is 0.0873. The highest BCUT2D eigenvalue weighted by molar-refractivity contribution is 6.31. The van der Waals surface area contributed by atoms with Gasteiger partial charge in [0.1, 0.15) is 0 Å². The first kappa shape index (κ1) is 14.7. The SMILES string of the molecule is Nc1cc(Cl)ccc1N1CCN(C(=O)c2ccccc2)CC1. The van der Waals surface area contributed by atoms with E-state index < -0.39 is 0 Å². The number of hydrogen-bond acceptors (Lipinski definition) is 3. The van der Waals surface area contributed by atoms with Gasteiger partial charge in [-0.05, 0) is 30.3 Å². The van der Waals surface area contributed by atoms with Gasteiger partial charge in [-0.3, -0.25) is 4.79 Å². The van der Waals surface area contributed by atoms with Gasteiger partial charge in [0.2, 0.25) is 0 Å². The molecule has 2 aromatic carbocycles. The molecule has 2 N–H and O–H groups in total. The van der Waals surface area contributed by atoms with Gasteiger partial charge in [-0.2, -0.15) is 0 Å². The number of piperazine rings is 1. The molecule has 114 valence electrons. The number of nitrogens with zero attached hydrogens (tertiary/aromatic N) is 2. The number of halogens is 1. The molecule has 2 aromatic rings. The van der Waals surface area contributed by atoms with E-state index in [1.165, 1.54) is 0 Å². The Morgan fingerprint density at radius 2 is 1.68 bits per heavy atom. The molecule has 0 saturated carbocycles. The molecular formula is C17H18ClN3O. The molecule has 1 fully saturated rings. The fourth-order valence-corrected chi connectivity index (χ4v) is 2.91. The Hall–Kier alpha value is -2.20. The molecule has 0 bridgehead atoms. The van der Waals surface area contributed by atoms with Crippen molar-refractivity contribution < 1.29 is 4.79 Å². The van der Waals surface area contributed by atoms with Gasteiger partial charge in [0.05, 0.1) is 11.4 Å². The molecule has 22 heavy (non-hydrogen) atoms. The second kappa shape index (κ2) is 6.28. The number of carbonyl (C=O) groups excluding carboxylic acids is 1. The third kappa shape index (κ3) is 3.02. The number of amides is 1. The van der Waals surface area contributed by atoms with Gasteiger partial charge in [0.15, 0.2) is 0 Å². The van der Waals surface area contributed by atoms with Crippen LogP contribution >= 0.6 is 11.6 Å². The average Bonchev–Trinajstić information content (AvgIpc) is 2.55. The summed E-state index contributed by atoms with van der Waals surface area (Å²) in [7, 11) is 0. The van der Waals surface area contributed by atoms with Crippen LogP contribution in [0.25, 0.3) is 0 Å². The van der Waals surface area contributed by atoms with Gasteiger partial charge in [-0.1, -0.05) is 29.8 Å². The summed E-state index contributed by atoms with van der Waals surface area (Å²) in [6, 6.07) is 14.9. The summed E-state index contributed by atoms with van der Waals surface area (Å²) in [5.74, 6) is 0.0873. The lowest BCUT2D eigenvalue weighted by molar-refractivity contribution is 0.0747. The number of rotatable bonds is 2. The zero-order valence-electron chi connectivity index (χ0n) is 12.2. The fourth-order valence-electron chi connectivity index (χ4n) is 2.73. The number of nitrogen functional groups attached to an aromatic ring is 1. The summed E-state index contributed by atoms with van der Waals surface area (Å²) in [5, 5.41) is 0.638. The van der Waals surface area contributed by atoms with Crippen LogP contribution in [0, 0.1) is 0 Å². The highest BCUT2D eigenvalue weighted by Gasteiger charge is 2.23. The van der Waals surface area contributed by atoms with Crippen molar-refractivity contribution in [3.63, 3.8) is 0 Å². The van der Waals surface area contributed by atoms with Gasteiger partial charge in [0.25, 0.3) is 5.91 Å². The van der Waals surface area contributed by atoms with Crippen molar-refractivity contribution in [2.45, 2.75) is 0 Å². The summed E-state index contributed by atoms with van der Waals surface area (Å²) in [6.07, 6.45) is 0. The zero-order chi connectivity index (χ0) is 15.5. The predicted molar refractivity (Wildman–Crippen MR) is 90.4 cm³/mol. The minimum absolute atomic E-state index is 0.0873. The van der Waals surface area contributed by atoms with Crippen molar-refractivity contribution in [2.24, 2.45) is 0 Å². The van der Waals surface area contributed by atoms with Crippen LogP contribution in [0.1, 0.15) is 10.4 Å². The molecule has 1 heterocycles. The second-order valence-electron chi connectivity index (χ2n) is 5.35. The summed E-state index contributed by atoms with van der Waals surface area (Å²) in [4.78, 5) is 16.5. The van der Waals surface area contributed by atoms with Crippen LogP contribution in [0.15, 0.2) is 48.5 Å². The van der Waals surface area contributed by atoms with E-state index >= 15 is 0 Å². The lowest BCUT2D eigenvalue weighted by Gasteiger charge is -2.36. The van der Waals surface area contributed by atoms with Crippen LogP contribution in [0.2, 0.25) is 5.02 Å². The van der Waals surface area contributed by atoms with Crippen molar-refractivity contribution in [3.05, 3.63) is 59.1 Å². The zero-order valence-corrected chi connectivity index (χ0v) is 13.0. The van der Waals surface area contributed by atoms with E-state index in [2.05, 4.69) is 4.90 Å². The van der Waals surface area contributed by atoms with Crippen molar-refractivity contribution in [1.29, 1.82) is 0 Å². The van der Waals surface area contributed by atoms with Gasteiger partial charge in [-0.15, -0.1) is 0 Å². The third-order valence-corrected chi connectivity index (χ3v) is 4.15. The number of hydrogen-bond donors (Lipinski definition) is 1. The van der Waals surface area contributed by atoms with Crippen LogP contribution in [0.3, 0.4) is 0 Å². The predicted octanol–water partition coefficient (Wildman–Crippen LogP) is 2.88. The quantitative estimate of drug-likeness (QED) is 0.867. The number of carbonyl (C=O) groups is 1. The topological polar surface area (TPSA) is 49.6 Å². The standard InChI is InChI=1S/C17H18ClN3O/c18-14-6-7-16(15(19)12-14)20-8-10-21(11-9-20)17(22)13-4-2-1-3-5-13/h1-7,12H,8-11,19H2. The molecule has 0 aliphatic carbocycles. The first-order valence-electron chi connectivity index (χ1n) is 7.29. The van der Waals surface area contributed by atoms with Crippen molar-refractivity contribution in [1.82, 2.24) is 4.90 Å². The summed E-state index contributed by atoms with van der Waals surface area (Å²) < 4.78 is 0. The molecule has 0 unspecified atom stereocenters. The minimum Gasteiger partial charge on any atom is -0.397 e. The van der Waals surface area contributed by atoms with E-state index in [4.69, 9.17) is 17.3 Å². The highest BCUT2D eigenvalue weighted by Crippen LogP contribution is 2.27. The average molecular weight is 316 g/mol. The van der Waals surface area contributed by atoms with E-state index in [0.29, 0.717) is 23.8 Å². The maximum absolute atomic E-state index is 12.4. The summed E-state index contributed by atoms with van der Waals surface area (Å²) in [5.41, 5.74) is 8.43. The Morgan fingerprint density at radius 3 is 2.32 bits per heavy atom. The van der Waals surface area contributed by atoms with E-state index in [9.17, 15) is 4.79 Å². The van der Waals surface area contributed by atoms with Gasteiger partial charge in [-0.25, -0.2) is 0 Å². The lowest BCUT2D eigenvalue weighted by Crippen LogP contribution is -2.49. The summed E-state index contributed by atoms with van der Waals surface area (Å²) >= 11 is 5.94. The monoisotopic (exact) mass is 315 g/mol. The molecule has 1 saturated heterocycles. The second-order valence-corrected chi connectivity index (χ2v) is 5.78. The first-order valence-corrected chi connectivity index (χ1v) is 7.67. The van der Waals surface area contributed by atoms with E-state index in [-0.39, 0.29) is 5.91 Å². The molecule has 3 rings (SSSR count). The molecule has 1 amide bonds. The van der Waals surface area contributed by atoms with Crippen LogP contribution in [-0.2, 0) is 0 Å². The number of anilines is 2. The van der Waals surface area contributed by atoms with E-state index in [1.54, 1.807) is 6.07 Å².